The maximum absolute atomic E-state index is 12.3. The summed E-state index contributed by atoms with van der Waals surface area (Å²) in [5.41, 5.74) is 0.428. The molecule has 1 aliphatic heterocycles. The molecule has 1 aliphatic rings. The number of hydrogen-bond acceptors (Lipinski definition) is 4. The molecule has 1 aromatic carbocycles. The number of nitro groups is 1. The number of amides is 1. The molecule has 19 heavy (non-hydrogen) atoms. The normalized spacial score (nSPS) is 19.3. The Labute approximate surface area is 119 Å². The number of halogens is 1. The lowest BCUT2D eigenvalue weighted by atomic mass is 10.1. The third-order valence-corrected chi connectivity index (χ3v) is 3.71. The minimum Gasteiger partial charge on any atom is -0.336 e. The highest BCUT2D eigenvalue weighted by atomic mass is 79.9. The largest absolute Gasteiger partial charge is 0.336 e. The van der Waals surface area contributed by atoms with Crippen LogP contribution in [0.4, 0.5) is 5.69 Å². The summed E-state index contributed by atoms with van der Waals surface area (Å²) in [6.45, 7) is 4.07. The van der Waals surface area contributed by atoms with Crippen molar-refractivity contribution < 1.29 is 9.72 Å². The number of carbonyl (C=O) groups is 1. The molecule has 1 N–H and O–H groups in total. The van der Waals surface area contributed by atoms with E-state index in [0.717, 1.165) is 6.54 Å². The number of carbonyl (C=O) groups excluding carboxylic acids is 1. The molecule has 102 valence electrons. The first-order chi connectivity index (χ1) is 8.99. The van der Waals surface area contributed by atoms with E-state index in [1.54, 1.807) is 4.90 Å². The fourth-order valence-electron chi connectivity index (χ4n) is 2.08. The predicted octanol–water partition coefficient (Wildman–Crippen LogP) is 1.79. The van der Waals surface area contributed by atoms with E-state index in [1.807, 2.05) is 6.92 Å². The van der Waals surface area contributed by atoms with Gasteiger partial charge in [-0.15, -0.1) is 0 Å². The van der Waals surface area contributed by atoms with E-state index in [0.29, 0.717) is 23.1 Å². The van der Waals surface area contributed by atoms with E-state index < -0.39 is 4.92 Å². The summed E-state index contributed by atoms with van der Waals surface area (Å²) in [7, 11) is 0. The average molecular weight is 328 g/mol. The highest BCUT2D eigenvalue weighted by Gasteiger charge is 2.24. The van der Waals surface area contributed by atoms with Crippen molar-refractivity contribution in [1.82, 2.24) is 10.2 Å². The average Bonchev–Trinajstić information content (AvgIpc) is 2.37. The van der Waals surface area contributed by atoms with Gasteiger partial charge in [-0.3, -0.25) is 14.9 Å². The van der Waals surface area contributed by atoms with Crippen molar-refractivity contribution in [3.8, 4) is 0 Å². The number of hydrogen-bond donors (Lipinski definition) is 1. The summed E-state index contributed by atoms with van der Waals surface area (Å²) >= 11 is 3.23. The van der Waals surface area contributed by atoms with Crippen LogP contribution < -0.4 is 5.32 Å². The molecule has 0 saturated carbocycles. The second-order valence-corrected chi connectivity index (χ2v) is 5.38. The lowest BCUT2D eigenvalue weighted by molar-refractivity contribution is -0.384. The van der Waals surface area contributed by atoms with Gasteiger partial charge in [0.1, 0.15) is 0 Å². The molecule has 1 fully saturated rings. The number of piperazine rings is 1. The maximum atomic E-state index is 12.3. The molecule has 0 bridgehead atoms. The fourth-order valence-corrected chi connectivity index (χ4v) is 2.61. The molecule has 7 heteroatoms. The number of nitro benzene ring substituents is 1. The lowest BCUT2D eigenvalue weighted by Crippen LogP contribution is -2.51. The van der Waals surface area contributed by atoms with Gasteiger partial charge in [0.05, 0.1) is 10.5 Å². The van der Waals surface area contributed by atoms with Gasteiger partial charge < -0.3 is 10.2 Å². The Bertz CT molecular complexity index is 521. The summed E-state index contributed by atoms with van der Waals surface area (Å²) < 4.78 is 0.456. The van der Waals surface area contributed by atoms with Crippen LogP contribution in [-0.2, 0) is 0 Å². The summed E-state index contributed by atoms with van der Waals surface area (Å²) in [6.07, 6.45) is 0. The molecule has 2 rings (SSSR count). The first-order valence-corrected chi connectivity index (χ1v) is 6.75. The van der Waals surface area contributed by atoms with Gasteiger partial charge in [-0.2, -0.15) is 0 Å². The Hall–Kier alpha value is -1.47. The van der Waals surface area contributed by atoms with Gasteiger partial charge in [0.2, 0.25) is 0 Å². The van der Waals surface area contributed by atoms with Gasteiger partial charge in [-0.1, -0.05) is 0 Å². The minimum absolute atomic E-state index is 0.0305. The van der Waals surface area contributed by atoms with E-state index in [4.69, 9.17) is 0 Å². The molecule has 1 aromatic rings. The standard InChI is InChI=1S/C12H14BrN3O3/c1-8-7-15(5-4-14-8)12(17)10-3-2-9(16(18)19)6-11(10)13/h2-3,6,8,14H,4-5,7H2,1H3. The monoisotopic (exact) mass is 327 g/mol. The Morgan fingerprint density at radius 3 is 2.89 bits per heavy atom. The molecule has 1 unspecified atom stereocenters. The van der Waals surface area contributed by atoms with Crippen molar-refractivity contribution in [3.05, 3.63) is 38.3 Å². The maximum Gasteiger partial charge on any atom is 0.270 e. The molecule has 0 spiro atoms. The van der Waals surface area contributed by atoms with Crippen LogP contribution in [0.3, 0.4) is 0 Å². The second-order valence-electron chi connectivity index (χ2n) is 4.53. The van der Waals surface area contributed by atoms with Crippen LogP contribution in [-0.4, -0.2) is 41.4 Å². The van der Waals surface area contributed by atoms with Crippen LogP contribution in [0, 0.1) is 10.1 Å². The molecule has 1 saturated heterocycles. The molecule has 1 heterocycles. The molecular weight excluding hydrogens is 314 g/mol. The molecule has 0 radical (unpaired) electrons. The van der Waals surface area contributed by atoms with Crippen LogP contribution in [0.1, 0.15) is 17.3 Å². The molecule has 0 aliphatic carbocycles. The molecular formula is C12H14BrN3O3. The summed E-state index contributed by atoms with van der Waals surface area (Å²) in [6, 6.07) is 4.47. The van der Waals surface area contributed by atoms with Crippen LogP contribution in [0.5, 0.6) is 0 Å². The van der Waals surface area contributed by atoms with Gasteiger partial charge in [0, 0.05) is 42.3 Å². The topological polar surface area (TPSA) is 75.5 Å². The molecule has 6 nitrogen and oxygen atoms in total. The second kappa shape index (κ2) is 5.66. The van der Waals surface area contributed by atoms with Crippen molar-refractivity contribution in [2.24, 2.45) is 0 Å². The Morgan fingerprint density at radius 2 is 2.32 bits per heavy atom. The number of rotatable bonds is 2. The first kappa shape index (κ1) is 14.0. The van der Waals surface area contributed by atoms with Crippen LogP contribution >= 0.6 is 15.9 Å². The van der Waals surface area contributed by atoms with Crippen LogP contribution in [0.25, 0.3) is 0 Å². The summed E-state index contributed by atoms with van der Waals surface area (Å²) in [5.74, 6) is -0.102. The fraction of sp³-hybridized carbons (Fsp3) is 0.417. The van der Waals surface area contributed by atoms with Crippen LogP contribution in [0.2, 0.25) is 0 Å². The van der Waals surface area contributed by atoms with Gasteiger partial charge in [-0.05, 0) is 28.9 Å². The predicted molar refractivity (Wildman–Crippen MR) is 74.2 cm³/mol. The van der Waals surface area contributed by atoms with Crippen molar-refractivity contribution in [2.45, 2.75) is 13.0 Å². The Balaban J connectivity index is 2.21. The SMILES string of the molecule is CC1CN(C(=O)c2ccc([N+](=O)[O-])cc2Br)CCN1. The number of nitrogens with one attached hydrogen (secondary N) is 1. The zero-order valence-corrected chi connectivity index (χ0v) is 12.0. The molecule has 1 amide bonds. The van der Waals surface area contributed by atoms with Gasteiger partial charge in [0.15, 0.2) is 0 Å². The van der Waals surface area contributed by atoms with Gasteiger partial charge in [0.25, 0.3) is 11.6 Å². The third-order valence-electron chi connectivity index (χ3n) is 3.05. The van der Waals surface area contributed by atoms with E-state index in [-0.39, 0.29) is 17.6 Å². The number of benzene rings is 1. The highest BCUT2D eigenvalue weighted by Crippen LogP contribution is 2.24. The number of nitrogens with zero attached hydrogens (tertiary/aromatic N) is 2. The molecule has 1 atom stereocenters. The molecule has 0 aromatic heterocycles. The lowest BCUT2D eigenvalue weighted by Gasteiger charge is -2.32. The minimum atomic E-state index is -0.480. The Kier molecular flexibility index (Phi) is 4.16. The smallest absolute Gasteiger partial charge is 0.270 e. The summed E-state index contributed by atoms with van der Waals surface area (Å²) in [4.78, 5) is 24.3. The van der Waals surface area contributed by atoms with Crippen molar-refractivity contribution in [1.29, 1.82) is 0 Å². The third kappa shape index (κ3) is 3.10. The van der Waals surface area contributed by atoms with Crippen molar-refractivity contribution >= 4 is 27.5 Å². The van der Waals surface area contributed by atoms with Crippen molar-refractivity contribution in [2.75, 3.05) is 19.6 Å². The van der Waals surface area contributed by atoms with E-state index >= 15 is 0 Å². The van der Waals surface area contributed by atoms with E-state index in [1.165, 1.54) is 18.2 Å². The summed E-state index contributed by atoms with van der Waals surface area (Å²) in [5, 5.41) is 13.9. The van der Waals surface area contributed by atoms with E-state index in [9.17, 15) is 14.9 Å². The quantitative estimate of drug-likeness (QED) is 0.663. The van der Waals surface area contributed by atoms with Crippen molar-refractivity contribution in [3.63, 3.8) is 0 Å². The van der Waals surface area contributed by atoms with Gasteiger partial charge >= 0.3 is 0 Å². The first-order valence-electron chi connectivity index (χ1n) is 5.95. The Morgan fingerprint density at radius 1 is 1.58 bits per heavy atom. The number of non-ortho nitro benzene ring substituents is 1. The zero-order chi connectivity index (χ0) is 14.0. The van der Waals surface area contributed by atoms with E-state index in [2.05, 4.69) is 21.2 Å². The van der Waals surface area contributed by atoms with Gasteiger partial charge in [-0.25, -0.2) is 0 Å². The van der Waals surface area contributed by atoms with Crippen LogP contribution in [0.15, 0.2) is 22.7 Å². The zero-order valence-electron chi connectivity index (χ0n) is 10.4. The highest BCUT2D eigenvalue weighted by molar-refractivity contribution is 9.10.